The van der Waals surface area contributed by atoms with Gasteiger partial charge in [0.15, 0.2) is 0 Å². The maximum absolute atomic E-state index is 12.6. The van der Waals surface area contributed by atoms with E-state index in [0.717, 1.165) is 42.5 Å². The Kier molecular flexibility index (Phi) is 3.69. The molecule has 1 saturated heterocycles. The lowest BCUT2D eigenvalue weighted by molar-refractivity contribution is 0.0674. The maximum Gasteiger partial charge on any atom is 0.253 e. The molecule has 1 aliphatic rings. The summed E-state index contributed by atoms with van der Waals surface area (Å²) in [5, 5.41) is 11.2. The molecule has 2 heterocycles. The summed E-state index contributed by atoms with van der Waals surface area (Å²) in [6, 6.07) is 5.73. The quantitative estimate of drug-likeness (QED) is 0.893. The number of aromatic amines is 1. The Labute approximate surface area is 118 Å². The molecule has 1 aromatic carbocycles. The second kappa shape index (κ2) is 5.63. The van der Waals surface area contributed by atoms with Gasteiger partial charge in [0.05, 0.1) is 11.7 Å². The number of rotatable bonds is 3. The summed E-state index contributed by atoms with van der Waals surface area (Å²) < 4.78 is 0. The number of aromatic nitrogens is 2. The monoisotopic (exact) mass is 272 g/mol. The fraction of sp³-hybridized carbons (Fsp3) is 0.467. The minimum absolute atomic E-state index is 0.127. The summed E-state index contributed by atoms with van der Waals surface area (Å²) in [6.45, 7) is 2.68. The van der Waals surface area contributed by atoms with Crippen molar-refractivity contribution in [1.29, 1.82) is 0 Å². The summed E-state index contributed by atoms with van der Waals surface area (Å²) in [5.41, 5.74) is 1.66. The number of carbonyl (C=O) groups excluding carboxylic acids is 1. The number of amides is 1. The number of hydrogen-bond acceptors (Lipinski definition) is 3. The first-order chi connectivity index (χ1) is 9.78. The van der Waals surface area contributed by atoms with Crippen molar-refractivity contribution >= 4 is 16.8 Å². The molecule has 1 atom stereocenters. The van der Waals surface area contributed by atoms with Gasteiger partial charge in [-0.15, -0.1) is 0 Å². The topological polar surface area (TPSA) is 61.0 Å². The lowest BCUT2D eigenvalue weighted by Crippen LogP contribution is -2.42. The number of carbonyl (C=O) groups is 1. The number of piperidine rings is 1. The van der Waals surface area contributed by atoms with Gasteiger partial charge in [0, 0.05) is 24.0 Å². The van der Waals surface area contributed by atoms with Crippen LogP contribution in [0.15, 0.2) is 24.4 Å². The third-order valence-corrected chi connectivity index (χ3v) is 3.99. The summed E-state index contributed by atoms with van der Waals surface area (Å²) in [5.74, 6) is 0.691. The minimum Gasteiger partial charge on any atom is -0.338 e. The van der Waals surface area contributed by atoms with Crippen LogP contribution in [-0.2, 0) is 0 Å². The van der Waals surface area contributed by atoms with E-state index in [2.05, 4.69) is 15.5 Å². The molecule has 1 unspecified atom stereocenters. The van der Waals surface area contributed by atoms with Gasteiger partial charge in [0.2, 0.25) is 0 Å². The number of H-pyrrole nitrogens is 1. The highest BCUT2D eigenvalue weighted by molar-refractivity contribution is 5.97. The minimum atomic E-state index is 0.127. The van der Waals surface area contributed by atoms with E-state index in [9.17, 15) is 4.79 Å². The molecular formula is C15H20N4O. The number of nitrogens with one attached hydrogen (secondary N) is 2. The molecule has 0 spiro atoms. The fourth-order valence-corrected chi connectivity index (χ4v) is 2.96. The lowest BCUT2D eigenvalue weighted by Gasteiger charge is -2.32. The van der Waals surface area contributed by atoms with Crippen LogP contribution in [0, 0.1) is 5.92 Å². The van der Waals surface area contributed by atoms with Gasteiger partial charge >= 0.3 is 0 Å². The average molecular weight is 272 g/mol. The maximum atomic E-state index is 12.6. The van der Waals surface area contributed by atoms with E-state index >= 15 is 0 Å². The highest BCUT2D eigenvalue weighted by Crippen LogP contribution is 2.20. The zero-order chi connectivity index (χ0) is 13.9. The Bertz CT molecular complexity index is 605. The van der Waals surface area contributed by atoms with Crippen molar-refractivity contribution in [3.8, 4) is 0 Å². The van der Waals surface area contributed by atoms with Gasteiger partial charge in [-0.25, -0.2) is 0 Å². The molecule has 0 aliphatic carbocycles. The molecule has 1 aromatic heterocycles. The summed E-state index contributed by atoms with van der Waals surface area (Å²) in [6.07, 6.45) is 4.06. The van der Waals surface area contributed by atoms with Crippen LogP contribution < -0.4 is 5.32 Å². The number of likely N-dealkylation sites (tertiary alicyclic amines) is 1. The summed E-state index contributed by atoms with van der Waals surface area (Å²) >= 11 is 0. The lowest BCUT2D eigenvalue weighted by atomic mass is 9.97. The Morgan fingerprint density at radius 2 is 2.45 bits per heavy atom. The number of hydrogen-bond donors (Lipinski definition) is 2. The van der Waals surface area contributed by atoms with Crippen LogP contribution in [0.3, 0.4) is 0 Å². The third-order valence-electron chi connectivity index (χ3n) is 3.99. The molecule has 5 heteroatoms. The third kappa shape index (κ3) is 2.54. The number of benzene rings is 1. The number of nitrogens with zero attached hydrogens (tertiary/aromatic N) is 2. The summed E-state index contributed by atoms with van der Waals surface area (Å²) in [4.78, 5) is 14.6. The average Bonchev–Trinajstić information content (AvgIpc) is 2.94. The van der Waals surface area contributed by atoms with Gasteiger partial charge in [-0.05, 0) is 44.5 Å². The van der Waals surface area contributed by atoms with Crippen LogP contribution in [0.5, 0.6) is 0 Å². The second-order valence-electron chi connectivity index (χ2n) is 5.49. The van der Waals surface area contributed by atoms with E-state index in [4.69, 9.17) is 0 Å². The van der Waals surface area contributed by atoms with Crippen LogP contribution in [0.1, 0.15) is 23.2 Å². The molecule has 106 valence electrons. The molecule has 2 aromatic rings. The van der Waals surface area contributed by atoms with Crippen molar-refractivity contribution in [3.63, 3.8) is 0 Å². The molecule has 1 amide bonds. The molecule has 0 bridgehead atoms. The second-order valence-corrected chi connectivity index (χ2v) is 5.49. The van der Waals surface area contributed by atoms with Crippen molar-refractivity contribution in [1.82, 2.24) is 20.4 Å². The molecule has 1 fully saturated rings. The Morgan fingerprint density at radius 3 is 3.30 bits per heavy atom. The predicted molar refractivity (Wildman–Crippen MR) is 78.6 cm³/mol. The number of fused-ring (bicyclic) bond motifs is 1. The van der Waals surface area contributed by atoms with Crippen molar-refractivity contribution in [3.05, 3.63) is 30.0 Å². The SMILES string of the molecule is CNCC1CCCN(C(=O)c2ccc3cn[nH]c3c2)C1. The Hall–Kier alpha value is -1.88. The molecule has 0 radical (unpaired) electrons. The van der Waals surface area contributed by atoms with Crippen LogP contribution in [-0.4, -0.2) is 47.7 Å². The zero-order valence-corrected chi connectivity index (χ0v) is 11.7. The van der Waals surface area contributed by atoms with E-state index in [1.165, 1.54) is 6.42 Å². The molecule has 3 rings (SSSR count). The van der Waals surface area contributed by atoms with Gasteiger partial charge in [0.1, 0.15) is 0 Å². The fourth-order valence-electron chi connectivity index (χ4n) is 2.96. The Balaban J connectivity index is 1.77. The van der Waals surface area contributed by atoms with Gasteiger partial charge < -0.3 is 10.2 Å². The van der Waals surface area contributed by atoms with Gasteiger partial charge in [0.25, 0.3) is 5.91 Å². The largest absolute Gasteiger partial charge is 0.338 e. The van der Waals surface area contributed by atoms with Crippen molar-refractivity contribution in [2.45, 2.75) is 12.8 Å². The molecule has 0 saturated carbocycles. The first-order valence-corrected chi connectivity index (χ1v) is 7.15. The molecule has 5 nitrogen and oxygen atoms in total. The van der Waals surface area contributed by atoms with Gasteiger partial charge in [-0.3, -0.25) is 9.89 Å². The van der Waals surface area contributed by atoms with E-state index < -0.39 is 0 Å². The van der Waals surface area contributed by atoms with E-state index in [1.54, 1.807) is 6.20 Å². The Morgan fingerprint density at radius 1 is 1.55 bits per heavy atom. The van der Waals surface area contributed by atoms with Crippen LogP contribution >= 0.6 is 0 Å². The first-order valence-electron chi connectivity index (χ1n) is 7.15. The highest BCUT2D eigenvalue weighted by atomic mass is 16.2. The van der Waals surface area contributed by atoms with E-state index in [0.29, 0.717) is 5.92 Å². The van der Waals surface area contributed by atoms with Crippen LogP contribution in [0.25, 0.3) is 10.9 Å². The van der Waals surface area contributed by atoms with Crippen molar-refractivity contribution in [2.24, 2.45) is 5.92 Å². The first kappa shape index (κ1) is 13.1. The van der Waals surface area contributed by atoms with Crippen molar-refractivity contribution in [2.75, 3.05) is 26.7 Å². The summed E-state index contributed by atoms with van der Waals surface area (Å²) in [7, 11) is 1.97. The van der Waals surface area contributed by atoms with Crippen molar-refractivity contribution < 1.29 is 4.79 Å². The molecule has 2 N–H and O–H groups in total. The molecule has 1 aliphatic heterocycles. The van der Waals surface area contributed by atoms with Crippen LogP contribution in [0.4, 0.5) is 0 Å². The standard InChI is InChI=1S/C15H20N4O/c1-16-8-11-3-2-6-19(10-11)15(20)12-4-5-13-9-17-18-14(13)7-12/h4-5,7,9,11,16H,2-3,6,8,10H2,1H3,(H,17,18). The zero-order valence-electron chi connectivity index (χ0n) is 11.7. The molecule has 20 heavy (non-hydrogen) atoms. The van der Waals surface area contributed by atoms with Gasteiger partial charge in [-0.1, -0.05) is 6.07 Å². The van der Waals surface area contributed by atoms with E-state index in [-0.39, 0.29) is 5.91 Å². The van der Waals surface area contributed by atoms with E-state index in [1.807, 2.05) is 30.1 Å². The predicted octanol–water partition coefficient (Wildman–Crippen LogP) is 1.63. The smallest absolute Gasteiger partial charge is 0.253 e. The molecular weight excluding hydrogens is 252 g/mol. The normalized spacial score (nSPS) is 19.4. The van der Waals surface area contributed by atoms with Gasteiger partial charge in [-0.2, -0.15) is 5.10 Å². The van der Waals surface area contributed by atoms with Crippen LogP contribution in [0.2, 0.25) is 0 Å². The highest BCUT2D eigenvalue weighted by Gasteiger charge is 2.24.